The fourth-order valence-corrected chi connectivity index (χ4v) is 3.14. The Bertz CT molecular complexity index is 588. The maximum atomic E-state index is 12.6. The second kappa shape index (κ2) is 7.62. The third-order valence-electron chi connectivity index (χ3n) is 5.18. The van der Waals surface area contributed by atoms with Crippen LogP contribution in [0.5, 0.6) is 11.5 Å². The second-order valence-corrected chi connectivity index (χ2v) is 7.16. The zero-order valence-electron chi connectivity index (χ0n) is 15.8. The number of methoxy groups -OCH3 is 1. The molecule has 1 aromatic rings. The smallest absolute Gasteiger partial charge is 0.240 e. The highest BCUT2D eigenvalue weighted by Crippen LogP contribution is 2.49. The van der Waals surface area contributed by atoms with E-state index < -0.39 is 11.0 Å². The molecule has 6 heteroatoms. The Morgan fingerprint density at radius 3 is 2.44 bits per heavy atom. The number of hydrogen-bond acceptors (Lipinski definition) is 5. The van der Waals surface area contributed by atoms with Crippen molar-refractivity contribution in [3.05, 3.63) is 24.3 Å². The molecule has 140 valence electrons. The van der Waals surface area contributed by atoms with Gasteiger partial charge in [0.2, 0.25) is 5.91 Å². The highest BCUT2D eigenvalue weighted by atomic mass is 16.5. The topological polar surface area (TPSA) is 82.8 Å². The molecule has 3 N–H and O–H groups in total. The van der Waals surface area contributed by atoms with Gasteiger partial charge >= 0.3 is 0 Å². The highest BCUT2D eigenvalue weighted by molar-refractivity contribution is 5.88. The number of nitrogens with two attached hydrogens (primary N) is 1. The van der Waals surface area contributed by atoms with E-state index in [2.05, 4.69) is 5.32 Å². The molecular formula is C19H30N2O4. The molecule has 1 aliphatic carbocycles. The Labute approximate surface area is 150 Å². The van der Waals surface area contributed by atoms with Crippen molar-refractivity contribution < 1.29 is 19.0 Å². The minimum Gasteiger partial charge on any atom is -0.497 e. The van der Waals surface area contributed by atoms with Crippen LogP contribution >= 0.6 is 0 Å². The van der Waals surface area contributed by atoms with Gasteiger partial charge in [-0.2, -0.15) is 0 Å². The van der Waals surface area contributed by atoms with Crippen LogP contribution in [-0.4, -0.2) is 43.9 Å². The average molecular weight is 350 g/mol. The molecule has 3 atom stereocenters. The minimum absolute atomic E-state index is 0.0150. The van der Waals surface area contributed by atoms with E-state index in [0.29, 0.717) is 19.6 Å². The maximum absolute atomic E-state index is 12.6. The van der Waals surface area contributed by atoms with Crippen LogP contribution < -0.4 is 20.5 Å². The molecule has 0 heterocycles. The molecule has 1 amide bonds. The van der Waals surface area contributed by atoms with Gasteiger partial charge in [0, 0.05) is 18.4 Å². The van der Waals surface area contributed by atoms with Gasteiger partial charge in [0.25, 0.3) is 0 Å². The summed E-state index contributed by atoms with van der Waals surface area (Å²) in [5.74, 6) is 1.35. The number of hydrogen-bond donors (Lipinski definition) is 2. The Hall–Kier alpha value is -1.79. The molecule has 0 aromatic heterocycles. The summed E-state index contributed by atoms with van der Waals surface area (Å²) < 4.78 is 16.6. The van der Waals surface area contributed by atoms with Crippen molar-refractivity contribution >= 4 is 5.91 Å². The fraction of sp³-hybridized carbons (Fsp3) is 0.632. The number of rotatable bonds is 8. The number of ether oxygens (including phenoxy) is 3. The molecule has 0 radical (unpaired) electrons. The van der Waals surface area contributed by atoms with Crippen LogP contribution in [-0.2, 0) is 9.53 Å². The largest absolute Gasteiger partial charge is 0.497 e. The van der Waals surface area contributed by atoms with Gasteiger partial charge in [-0.3, -0.25) is 4.79 Å². The molecule has 1 saturated carbocycles. The predicted octanol–water partition coefficient (Wildman–Crippen LogP) is 2.11. The summed E-state index contributed by atoms with van der Waals surface area (Å²) in [5.41, 5.74) is 5.06. The van der Waals surface area contributed by atoms with E-state index in [1.165, 1.54) is 0 Å². The van der Waals surface area contributed by atoms with E-state index in [1.54, 1.807) is 7.11 Å². The van der Waals surface area contributed by atoms with Crippen molar-refractivity contribution in [3.63, 3.8) is 0 Å². The molecule has 0 spiro atoms. The summed E-state index contributed by atoms with van der Waals surface area (Å²) in [6, 6.07) is 7.34. The lowest BCUT2D eigenvalue weighted by Gasteiger charge is -2.57. The van der Waals surface area contributed by atoms with Gasteiger partial charge in [-0.25, -0.2) is 0 Å². The van der Waals surface area contributed by atoms with Crippen LogP contribution in [0, 0.1) is 5.41 Å². The molecule has 0 bridgehead atoms. The first-order valence-corrected chi connectivity index (χ1v) is 8.74. The van der Waals surface area contributed by atoms with Gasteiger partial charge in [-0.05, 0) is 38.1 Å². The molecule has 0 saturated heterocycles. The van der Waals surface area contributed by atoms with Gasteiger partial charge in [-0.15, -0.1) is 0 Å². The van der Waals surface area contributed by atoms with E-state index in [4.69, 9.17) is 19.9 Å². The average Bonchev–Trinajstić information content (AvgIpc) is 2.59. The Morgan fingerprint density at radius 2 is 1.92 bits per heavy atom. The lowest BCUT2D eigenvalue weighted by atomic mass is 9.54. The zero-order chi connectivity index (χ0) is 18.7. The van der Waals surface area contributed by atoms with E-state index >= 15 is 0 Å². The van der Waals surface area contributed by atoms with E-state index in [9.17, 15) is 4.79 Å². The van der Waals surface area contributed by atoms with Crippen LogP contribution in [0.2, 0.25) is 0 Å². The molecule has 0 aliphatic heterocycles. The number of carbonyl (C=O) groups excluding carboxylic acids is 1. The fourth-order valence-electron chi connectivity index (χ4n) is 3.14. The highest BCUT2D eigenvalue weighted by Gasteiger charge is 2.62. The normalized spacial score (nSPS) is 25.6. The molecule has 25 heavy (non-hydrogen) atoms. The van der Waals surface area contributed by atoms with E-state index in [-0.39, 0.29) is 18.1 Å². The van der Waals surface area contributed by atoms with Crippen LogP contribution in [0.1, 0.15) is 34.1 Å². The van der Waals surface area contributed by atoms with Crippen LogP contribution in [0.3, 0.4) is 0 Å². The summed E-state index contributed by atoms with van der Waals surface area (Å²) >= 11 is 0. The lowest BCUT2D eigenvalue weighted by Crippen LogP contribution is -2.76. The SMILES string of the molecule is CCOC1CC(N)(C(=O)NCC(C)Oc2ccc(OC)cc2)C1(C)C. The molecule has 1 aromatic carbocycles. The van der Waals surface area contributed by atoms with Gasteiger partial charge < -0.3 is 25.3 Å². The molecule has 6 nitrogen and oxygen atoms in total. The van der Waals surface area contributed by atoms with Crippen LogP contribution in [0.15, 0.2) is 24.3 Å². The summed E-state index contributed by atoms with van der Waals surface area (Å²) in [6.07, 6.45) is 0.376. The third kappa shape index (κ3) is 3.90. The molecule has 1 fully saturated rings. The maximum Gasteiger partial charge on any atom is 0.240 e. The van der Waals surface area contributed by atoms with Gasteiger partial charge in [0.1, 0.15) is 23.1 Å². The predicted molar refractivity (Wildman–Crippen MR) is 96.8 cm³/mol. The van der Waals surface area contributed by atoms with E-state index in [0.717, 1.165) is 11.5 Å². The number of amides is 1. The van der Waals surface area contributed by atoms with Gasteiger partial charge in [-0.1, -0.05) is 13.8 Å². The number of nitrogens with one attached hydrogen (secondary N) is 1. The second-order valence-electron chi connectivity index (χ2n) is 7.16. The Kier molecular flexibility index (Phi) is 5.95. The standard InChI is InChI=1S/C19H30N2O4/c1-6-24-16-11-19(20,18(16,3)4)17(22)21-12-13(2)25-15-9-7-14(23-5)8-10-15/h7-10,13,16H,6,11-12,20H2,1-5H3,(H,21,22). The van der Waals surface area contributed by atoms with Gasteiger partial charge in [0.15, 0.2) is 0 Å². The summed E-state index contributed by atoms with van der Waals surface area (Å²) in [4.78, 5) is 12.6. The number of carbonyl (C=O) groups is 1. The molecular weight excluding hydrogens is 320 g/mol. The molecule has 3 unspecified atom stereocenters. The van der Waals surface area contributed by atoms with Crippen molar-refractivity contribution in [1.29, 1.82) is 0 Å². The summed E-state index contributed by atoms with van der Waals surface area (Å²) in [7, 11) is 1.62. The number of benzene rings is 1. The van der Waals surface area contributed by atoms with Crippen LogP contribution in [0.25, 0.3) is 0 Å². The minimum atomic E-state index is -0.910. The zero-order valence-corrected chi connectivity index (χ0v) is 15.8. The molecule has 1 aliphatic rings. The van der Waals surface area contributed by atoms with Crippen molar-refractivity contribution in [2.45, 2.75) is 51.9 Å². The quantitative estimate of drug-likeness (QED) is 0.750. The van der Waals surface area contributed by atoms with Crippen molar-refractivity contribution in [1.82, 2.24) is 5.32 Å². The van der Waals surface area contributed by atoms with Crippen LogP contribution in [0.4, 0.5) is 0 Å². The Morgan fingerprint density at radius 1 is 1.32 bits per heavy atom. The molecule has 2 rings (SSSR count). The lowest BCUT2D eigenvalue weighted by molar-refractivity contribution is -0.170. The van der Waals surface area contributed by atoms with Crippen molar-refractivity contribution in [2.75, 3.05) is 20.3 Å². The Balaban J connectivity index is 1.84. The summed E-state index contributed by atoms with van der Waals surface area (Å²) in [6.45, 7) is 8.83. The van der Waals surface area contributed by atoms with Crippen molar-refractivity contribution in [3.8, 4) is 11.5 Å². The van der Waals surface area contributed by atoms with Gasteiger partial charge in [0.05, 0.1) is 19.8 Å². The third-order valence-corrected chi connectivity index (χ3v) is 5.18. The monoisotopic (exact) mass is 350 g/mol. The van der Waals surface area contributed by atoms with E-state index in [1.807, 2.05) is 52.0 Å². The summed E-state index contributed by atoms with van der Waals surface area (Å²) in [5, 5.41) is 2.92. The first kappa shape index (κ1) is 19.5. The first-order valence-electron chi connectivity index (χ1n) is 8.74. The van der Waals surface area contributed by atoms with Crippen molar-refractivity contribution in [2.24, 2.45) is 11.1 Å². The first-order chi connectivity index (χ1) is 11.7.